The van der Waals surface area contributed by atoms with Gasteiger partial charge in [0, 0.05) is 0 Å². The van der Waals surface area contributed by atoms with E-state index in [1.807, 2.05) is 0 Å². The Kier molecular flexibility index (Phi) is 29.6. The first-order valence-corrected chi connectivity index (χ1v) is 35.1. The number of hydrogen-bond acceptors (Lipinski definition) is 49. The molecule has 12 unspecified atom stereocenters. The lowest BCUT2D eigenvalue weighted by molar-refractivity contribution is -0.393. The molecule has 0 aromatic carbocycles. The Morgan fingerprint density at radius 2 is 0.413 bits per heavy atom. The minimum Gasteiger partial charge on any atom is -0.394 e. The summed E-state index contributed by atoms with van der Waals surface area (Å²) in [6.45, 7) is -10.6. The van der Waals surface area contributed by atoms with E-state index in [4.69, 9.17) is 109 Å². The quantitative estimate of drug-likeness (QED) is 0.0318. The van der Waals surface area contributed by atoms with Crippen LogP contribution in [0.1, 0.15) is 0 Å². The smallest absolute Gasteiger partial charge is 0.187 e. The van der Waals surface area contributed by atoms with Gasteiger partial charge in [0.15, 0.2) is 75.5 Å². The maximum absolute atomic E-state index is 12.8. The van der Waals surface area contributed by atoms with Crippen LogP contribution >= 0.6 is 0 Å². The molecule has 12 saturated heterocycles. The maximum Gasteiger partial charge on any atom is 0.187 e. The van der Waals surface area contributed by atoms with Gasteiger partial charge in [0.2, 0.25) is 0 Å². The van der Waals surface area contributed by atoms with Crippen molar-refractivity contribution in [1.29, 1.82) is 0 Å². The van der Waals surface area contributed by atoms with E-state index in [-0.39, 0.29) is 0 Å². The SMILES string of the molecule is OC[C@@H]1OC(O[C@H]2[C@H](CO)OC(O[C@H]3[C@H](O)COC(O[C@@H]4COC(O[C@@H]5COC(O[C@@H]6COC(O)[C@H](O)[C@H]6OC6O[C@@H](CO)[C@H](O)[C@H]6O)[C@H](OC6O[C@@H](CO)[C@H](O)[C@H]6O)[C@H]5OC5O[C@@H](CO)[C@H](OC6O[C@@H](CO)[C@H](O)[C@H]6O)[C@H]5O)[C@H](O)[C@H]4OC4O[C@@H](CO)[C@H](O)[C@H]4O)[C@@H]3OC3O[C@@H](CO)[C@H](O)[C@H]3O)[C@@H]2O)[C@H](O)[C@H]1O. The second kappa shape index (κ2) is 37.3. The molecule has 0 bridgehead atoms. The van der Waals surface area contributed by atoms with Crippen LogP contribution in [0.2, 0.25) is 0 Å². The zero-order valence-electron chi connectivity index (χ0n) is 57.2. The normalized spacial score (nSPS) is 53.9. The van der Waals surface area contributed by atoms with Crippen LogP contribution in [0.4, 0.5) is 0 Å². The molecule has 0 saturated carbocycles. The average Bonchev–Trinajstić information content (AvgIpc) is 1.70. The number of aliphatic hydroxyl groups excluding tert-OH is 26. The van der Waals surface area contributed by atoms with Crippen molar-refractivity contribution in [2.24, 2.45) is 0 Å². The minimum atomic E-state index is -2.37. The summed E-state index contributed by atoms with van der Waals surface area (Å²) in [4.78, 5) is 0. The predicted octanol–water partition coefficient (Wildman–Crippen LogP) is -19.5. The molecule has 0 radical (unpaired) electrons. The molecular formula is C60H98O49. The Morgan fingerprint density at radius 1 is 0.183 bits per heavy atom. The molecule has 12 aliphatic rings. The van der Waals surface area contributed by atoms with E-state index >= 15 is 0 Å². The number of aliphatic hydroxyl groups is 26. The highest BCUT2D eigenvalue weighted by molar-refractivity contribution is 5.02. The monoisotopic (exact) mass is 1600 g/mol. The summed E-state index contributed by atoms with van der Waals surface area (Å²) in [5, 5.41) is 282. The summed E-state index contributed by atoms with van der Waals surface area (Å²) in [5.74, 6) is 0. The minimum absolute atomic E-state index is 0.756. The molecule has 0 aromatic heterocycles. The van der Waals surface area contributed by atoms with E-state index in [9.17, 15) is 133 Å². The number of rotatable bonds is 30. The van der Waals surface area contributed by atoms with Crippen LogP contribution in [-0.4, -0.2) is 507 Å². The highest BCUT2D eigenvalue weighted by atomic mass is 16.8. The summed E-state index contributed by atoms with van der Waals surface area (Å²) in [6.07, 6.45) is -90.3. The molecule has 0 amide bonds. The van der Waals surface area contributed by atoms with E-state index < -0.39 is 375 Å². The molecule has 12 heterocycles. The summed E-state index contributed by atoms with van der Waals surface area (Å²) < 4.78 is 137. The highest BCUT2D eigenvalue weighted by Gasteiger charge is 2.62. The fraction of sp³-hybridized carbons (Fsp3) is 1.00. The van der Waals surface area contributed by atoms with Crippen molar-refractivity contribution in [1.82, 2.24) is 0 Å². The molecule has 12 fully saturated rings. The largest absolute Gasteiger partial charge is 0.394 e. The molecule has 48 atom stereocenters. The molecule has 0 aliphatic carbocycles. The molecule has 0 spiro atoms. The molecule has 26 N–H and O–H groups in total. The molecule has 12 rings (SSSR count). The lowest BCUT2D eigenvalue weighted by Crippen LogP contribution is -2.65. The Labute approximate surface area is 614 Å². The van der Waals surface area contributed by atoms with Gasteiger partial charge in [0.25, 0.3) is 0 Å². The van der Waals surface area contributed by atoms with Crippen LogP contribution in [0.25, 0.3) is 0 Å². The lowest BCUT2D eigenvalue weighted by Gasteiger charge is -2.48. The molecule has 632 valence electrons. The van der Waals surface area contributed by atoms with Crippen molar-refractivity contribution in [2.75, 3.05) is 79.3 Å². The number of hydrogen-bond donors (Lipinski definition) is 26. The van der Waals surface area contributed by atoms with Crippen molar-refractivity contribution >= 4 is 0 Å². The predicted molar refractivity (Wildman–Crippen MR) is 323 cm³/mol. The fourth-order valence-corrected chi connectivity index (χ4v) is 14.6. The van der Waals surface area contributed by atoms with Gasteiger partial charge in [-0.15, -0.1) is 0 Å². The summed E-state index contributed by atoms with van der Waals surface area (Å²) >= 11 is 0. The van der Waals surface area contributed by atoms with E-state index in [2.05, 4.69) is 0 Å². The van der Waals surface area contributed by atoms with E-state index in [0.717, 1.165) is 0 Å². The summed E-state index contributed by atoms with van der Waals surface area (Å²) in [6, 6.07) is 0. The van der Waals surface area contributed by atoms with Gasteiger partial charge in [0.05, 0.1) is 79.3 Å². The third-order valence-corrected chi connectivity index (χ3v) is 20.8. The van der Waals surface area contributed by atoms with Gasteiger partial charge in [-0.05, 0) is 0 Å². The highest BCUT2D eigenvalue weighted by Crippen LogP contribution is 2.42. The molecule has 49 heteroatoms. The zero-order chi connectivity index (χ0) is 78.5. The van der Waals surface area contributed by atoms with Gasteiger partial charge in [0.1, 0.15) is 220 Å². The van der Waals surface area contributed by atoms with Crippen LogP contribution in [0, 0.1) is 0 Å². The van der Waals surface area contributed by atoms with Crippen LogP contribution < -0.4 is 0 Å². The van der Waals surface area contributed by atoms with Gasteiger partial charge >= 0.3 is 0 Å². The van der Waals surface area contributed by atoms with Crippen LogP contribution in [-0.2, 0) is 109 Å². The van der Waals surface area contributed by atoms with Gasteiger partial charge in [-0.2, -0.15) is 0 Å². The van der Waals surface area contributed by atoms with Crippen molar-refractivity contribution in [3.05, 3.63) is 0 Å². The zero-order valence-corrected chi connectivity index (χ0v) is 57.2. The van der Waals surface area contributed by atoms with Gasteiger partial charge in [-0.1, -0.05) is 0 Å². The Bertz CT molecular complexity index is 2790. The second-order valence-electron chi connectivity index (χ2n) is 27.9. The van der Waals surface area contributed by atoms with E-state index in [0.29, 0.717) is 0 Å². The molecule has 109 heavy (non-hydrogen) atoms. The second-order valence-corrected chi connectivity index (χ2v) is 27.9. The first-order valence-electron chi connectivity index (χ1n) is 35.1. The summed E-state index contributed by atoms with van der Waals surface area (Å²) in [7, 11) is 0. The van der Waals surface area contributed by atoms with Crippen LogP contribution in [0.3, 0.4) is 0 Å². The lowest BCUT2D eigenvalue weighted by atomic mass is 10.0. The van der Waals surface area contributed by atoms with Crippen molar-refractivity contribution in [3.63, 3.8) is 0 Å². The summed E-state index contributed by atoms with van der Waals surface area (Å²) in [5.41, 5.74) is 0. The van der Waals surface area contributed by atoms with Gasteiger partial charge in [-0.25, -0.2) is 0 Å². The van der Waals surface area contributed by atoms with Crippen molar-refractivity contribution in [2.45, 2.75) is 295 Å². The van der Waals surface area contributed by atoms with Gasteiger partial charge < -0.3 is 242 Å². The first kappa shape index (κ1) is 86.4. The topological polar surface area (TPSA) is 738 Å². The first-order chi connectivity index (χ1) is 52.1. The van der Waals surface area contributed by atoms with E-state index in [1.165, 1.54) is 0 Å². The molecule has 49 nitrogen and oxygen atoms in total. The van der Waals surface area contributed by atoms with Crippen molar-refractivity contribution < 1.29 is 242 Å². The van der Waals surface area contributed by atoms with Crippen molar-refractivity contribution in [3.8, 4) is 0 Å². The Morgan fingerprint density at radius 3 is 0.752 bits per heavy atom. The average molecular weight is 1600 g/mol. The Balaban J connectivity index is 0.865. The maximum atomic E-state index is 12.8. The fourth-order valence-electron chi connectivity index (χ4n) is 14.6. The van der Waals surface area contributed by atoms with Crippen LogP contribution in [0.15, 0.2) is 0 Å². The van der Waals surface area contributed by atoms with E-state index in [1.54, 1.807) is 0 Å². The third kappa shape index (κ3) is 17.8. The third-order valence-electron chi connectivity index (χ3n) is 20.8. The van der Waals surface area contributed by atoms with Crippen LogP contribution in [0.5, 0.6) is 0 Å². The Hall–Kier alpha value is -1.96. The number of ether oxygens (including phenoxy) is 23. The van der Waals surface area contributed by atoms with Gasteiger partial charge in [-0.3, -0.25) is 0 Å². The standard InChI is InChI=1S/C60H98O49/c61-1-14-25(70)31(76)51(91-14)103-42-20(7-67)97-57(39(42)84)102-41-13(69)9-88-59(47(41)108-55-35(80)29(74)18(5-65)95-55)101-23-11-89-50(38(83)45(23)106-54-34(79)28(73)17(4-64)94-54)99-24-12-90-60(100-22-10-87-49(86)37(82)44(22)105-53-33(78)27(72)16(3-63)93-53)48(109-56-36(81)30(75)19(6-66)96-56)46(24)107-58-40(85)43(21(8-68)98-58)104-52-32(77)26(71)15(2-62)92-52/h13-86H,1-12H2/t13-,14+,15+,16+,17+,18+,19+,20+,21+,22-,23-,24-,25+,26+,27+,28+,29+,30+,31-,32-,33-,34-,35-,36-,37-,38-,39-,40-,41+,42+,43+,44+,45+,46+,47-,48-,49?,50?,51?,52?,53?,54?,55?,56?,57?,58?,59?,60?/m1/s1. The molecule has 12 aliphatic heterocycles. The molecule has 0 aromatic rings. The molecular weight excluding hydrogens is 1500 g/mol.